The van der Waals surface area contributed by atoms with Crippen LogP contribution < -0.4 is 16.2 Å². The number of aryl methyl sites for hydroxylation is 1. The number of carbonyl (C=O) groups excluding carboxylic acids is 3. The van der Waals surface area contributed by atoms with Crippen LogP contribution in [0.1, 0.15) is 53.9 Å². The zero-order valence-electron chi connectivity index (χ0n) is 20.9. The van der Waals surface area contributed by atoms with Gasteiger partial charge in [-0.3, -0.25) is 25.2 Å². The number of fused-ring (bicyclic) bond motifs is 3. The van der Waals surface area contributed by atoms with Crippen molar-refractivity contribution in [2.75, 3.05) is 0 Å². The smallest absolute Gasteiger partial charge is 0.418 e. The first-order chi connectivity index (χ1) is 18.0. The van der Waals surface area contributed by atoms with E-state index in [2.05, 4.69) is 21.2 Å². The number of alkyl halides is 3. The zero-order chi connectivity index (χ0) is 27.6. The molecule has 8 nitrogen and oxygen atoms in total. The second-order valence-corrected chi connectivity index (χ2v) is 9.61. The van der Waals surface area contributed by atoms with Crippen LogP contribution in [0.15, 0.2) is 42.5 Å². The predicted molar refractivity (Wildman–Crippen MR) is 134 cm³/mol. The normalized spacial score (nSPS) is 16.8. The van der Waals surface area contributed by atoms with Crippen molar-refractivity contribution in [3.05, 3.63) is 64.8 Å². The van der Waals surface area contributed by atoms with Gasteiger partial charge in [0, 0.05) is 22.6 Å². The minimum atomic E-state index is -4.50. The van der Waals surface area contributed by atoms with E-state index < -0.39 is 35.5 Å². The molecule has 0 saturated carbocycles. The zero-order valence-corrected chi connectivity index (χ0v) is 20.9. The Morgan fingerprint density at radius 3 is 2.47 bits per heavy atom. The Labute approximate surface area is 217 Å². The molecule has 5 N–H and O–H groups in total. The summed E-state index contributed by atoms with van der Waals surface area (Å²) in [5.41, 5.74) is 5.53. The molecule has 0 fully saturated rings. The van der Waals surface area contributed by atoms with Crippen LogP contribution >= 0.6 is 0 Å². The molecule has 0 radical (unpaired) electrons. The number of rotatable bonds is 6. The van der Waals surface area contributed by atoms with E-state index in [1.54, 1.807) is 13.0 Å². The van der Waals surface area contributed by atoms with E-state index in [4.69, 9.17) is 0 Å². The topological polar surface area (TPSA) is 123 Å². The van der Waals surface area contributed by atoms with Gasteiger partial charge in [-0.25, -0.2) is 0 Å². The molecule has 1 aliphatic carbocycles. The molecule has 11 heteroatoms. The molecule has 2 unspecified atom stereocenters. The Morgan fingerprint density at radius 2 is 1.82 bits per heavy atom. The molecule has 0 saturated heterocycles. The van der Waals surface area contributed by atoms with Gasteiger partial charge in [0.15, 0.2) is 0 Å². The van der Waals surface area contributed by atoms with Crippen LogP contribution in [0, 0.1) is 11.8 Å². The fraction of sp³-hybridized carbons (Fsp3) is 0.370. The van der Waals surface area contributed by atoms with Gasteiger partial charge in [0.25, 0.3) is 11.8 Å². The van der Waals surface area contributed by atoms with Crippen molar-refractivity contribution in [3.63, 3.8) is 0 Å². The third-order valence-corrected chi connectivity index (χ3v) is 7.12. The van der Waals surface area contributed by atoms with E-state index in [0.717, 1.165) is 6.07 Å². The number of carbonyl (C=O) groups is 3. The summed E-state index contributed by atoms with van der Waals surface area (Å²) in [4.78, 5) is 41.4. The first-order valence-electron chi connectivity index (χ1n) is 12.4. The molecule has 3 atom stereocenters. The molecule has 202 valence electrons. The maximum atomic E-state index is 13.5. The van der Waals surface area contributed by atoms with Crippen molar-refractivity contribution in [2.45, 2.75) is 51.7 Å². The van der Waals surface area contributed by atoms with Crippen LogP contribution in [-0.2, 0) is 28.6 Å². The van der Waals surface area contributed by atoms with Crippen LogP contribution in [0.2, 0.25) is 0 Å². The Balaban J connectivity index is 1.45. The number of nitrogens with one attached hydrogen (secondary N) is 4. The maximum Gasteiger partial charge on any atom is 0.418 e. The van der Waals surface area contributed by atoms with Gasteiger partial charge in [-0.2, -0.15) is 13.2 Å². The predicted octanol–water partition coefficient (Wildman–Crippen LogP) is 3.99. The summed E-state index contributed by atoms with van der Waals surface area (Å²) < 4.78 is 40.4. The van der Waals surface area contributed by atoms with E-state index in [0.29, 0.717) is 35.9 Å². The lowest BCUT2D eigenvalue weighted by molar-refractivity contribution is -0.136. The summed E-state index contributed by atoms with van der Waals surface area (Å²) in [6, 6.07) is 8.54. The molecule has 3 amide bonds. The quantitative estimate of drug-likeness (QED) is 0.309. The number of hydrogen-bond donors (Lipinski definition) is 5. The second kappa shape index (κ2) is 10.8. The fourth-order valence-corrected chi connectivity index (χ4v) is 4.76. The van der Waals surface area contributed by atoms with Crippen molar-refractivity contribution in [2.24, 2.45) is 11.8 Å². The van der Waals surface area contributed by atoms with Crippen LogP contribution in [0.4, 0.5) is 13.2 Å². The first-order valence-corrected chi connectivity index (χ1v) is 12.4. The van der Waals surface area contributed by atoms with Crippen molar-refractivity contribution < 1.29 is 32.7 Å². The minimum Gasteiger partial charge on any atom is -0.508 e. The van der Waals surface area contributed by atoms with Gasteiger partial charge in [0.05, 0.1) is 11.1 Å². The van der Waals surface area contributed by atoms with Crippen LogP contribution in [0.5, 0.6) is 5.75 Å². The molecule has 2 aromatic carbocycles. The Hall–Kier alpha value is -4.02. The second-order valence-electron chi connectivity index (χ2n) is 9.61. The molecule has 1 aliphatic rings. The highest BCUT2D eigenvalue weighted by molar-refractivity contribution is 5.97. The molecule has 1 aromatic heterocycles. The third kappa shape index (κ3) is 5.61. The summed E-state index contributed by atoms with van der Waals surface area (Å²) in [7, 11) is 0. The van der Waals surface area contributed by atoms with Crippen molar-refractivity contribution in [3.8, 4) is 5.75 Å². The number of para-hydroxylation sites is 1. The number of phenolic OH excluding ortho intramolecular Hbond substituents is 1. The molecule has 1 heterocycles. The summed E-state index contributed by atoms with van der Waals surface area (Å²) >= 11 is 0. The van der Waals surface area contributed by atoms with Gasteiger partial charge in [0.2, 0.25) is 5.91 Å². The lowest BCUT2D eigenvalue weighted by Crippen LogP contribution is -2.55. The first kappa shape index (κ1) is 27.0. The monoisotopic (exact) mass is 530 g/mol. The highest BCUT2D eigenvalue weighted by Gasteiger charge is 2.36. The number of hydrazine groups is 1. The van der Waals surface area contributed by atoms with Crippen LogP contribution in [0.3, 0.4) is 0 Å². The number of H-pyrrole nitrogens is 1. The lowest BCUT2D eigenvalue weighted by Gasteiger charge is -2.27. The number of phenols is 1. The Kier molecular flexibility index (Phi) is 7.66. The summed E-state index contributed by atoms with van der Waals surface area (Å²) in [5, 5.41) is 12.6. The minimum absolute atomic E-state index is 0.00612. The van der Waals surface area contributed by atoms with Gasteiger partial charge in [-0.05, 0) is 61.1 Å². The Morgan fingerprint density at radius 1 is 1.11 bits per heavy atom. The van der Waals surface area contributed by atoms with E-state index in [1.165, 1.54) is 30.3 Å². The molecule has 0 spiro atoms. The number of aromatic amines is 1. The highest BCUT2D eigenvalue weighted by Crippen LogP contribution is 2.39. The number of aromatic nitrogens is 1. The van der Waals surface area contributed by atoms with Gasteiger partial charge in [-0.15, -0.1) is 0 Å². The molecular weight excluding hydrogens is 501 g/mol. The molecule has 3 aromatic rings. The number of hydrogen-bond acceptors (Lipinski definition) is 4. The van der Waals surface area contributed by atoms with E-state index in [9.17, 15) is 32.7 Å². The molecule has 4 rings (SSSR count). The average molecular weight is 531 g/mol. The average Bonchev–Trinajstić information content (AvgIpc) is 3.27. The van der Waals surface area contributed by atoms with Crippen LogP contribution in [-0.4, -0.2) is 33.9 Å². The largest absolute Gasteiger partial charge is 0.508 e. The van der Waals surface area contributed by atoms with Crippen molar-refractivity contribution in [1.29, 1.82) is 0 Å². The molecule has 0 bridgehead atoms. The lowest BCUT2D eigenvalue weighted by atomic mass is 9.85. The standard InChI is InChI=1S/C27H29F3N4O4/c1-3-14(2)22(26(38)34-33-25(37)15-7-10-17(35)11-8-15)32-24(36)16-9-12-21-19(13-16)18-5-4-6-20(23(18)31-21)27(28,29)30/h4-8,10-11,14,16,22,31,35H,3,9,12-13H2,1-2H3,(H,32,36)(H,33,37)(H,34,38)/t14?,16?,22-/m0/s1. The summed E-state index contributed by atoms with van der Waals surface area (Å²) in [6.45, 7) is 3.66. The number of benzene rings is 2. The molecule has 38 heavy (non-hydrogen) atoms. The van der Waals surface area contributed by atoms with E-state index in [-0.39, 0.29) is 35.1 Å². The number of amides is 3. The van der Waals surface area contributed by atoms with Gasteiger partial charge >= 0.3 is 6.18 Å². The van der Waals surface area contributed by atoms with Gasteiger partial charge in [-0.1, -0.05) is 32.4 Å². The number of aromatic hydroxyl groups is 1. The molecule has 0 aliphatic heterocycles. The third-order valence-electron chi connectivity index (χ3n) is 7.12. The van der Waals surface area contributed by atoms with Crippen molar-refractivity contribution in [1.82, 2.24) is 21.2 Å². The van der Waals surface area contributed by atoms with E-state index >= 15 is 0 Å². The SMILES string of the molecule is CCC(C)[C@H](NC(=O)C1CCc2[nH]c3c(C(F)(F)F)cccc3c2C1)C(=O)NNC(=O)c1ccc(O)cc1. The van der Waals surface area contributed by atoms with Crippen molar-refractivity contribution >= 4 is 28.6 Å². The fourth-order valence-electron chi connectivity index (χ4n) is 4.76. The maximum absolute atomic E-state index is 13.5. The number of halogens is 3. The van der Waals surface area contributed by atoms with E-state index in [1.807, 2.05) is 6.92 Å². The summed E-state index contributed by atoms with van der Waals surface area (Å²) in [6.07, 6.45) is -2.86. The van der Waals surface area contributed by atoms with Gasteiger partial charge in [0.1, 0.15) is 11.8 Å². The van der Waals surface area contributed by atoms with Crippen LogP contribution in [0.25, 0.3) is 10.9 Å². The van der Waals surface area contributed by atoms with Gasteiger partial charge < -0.3 is 15.4 Å². The highest BCUT2D eigenvalue weighted by atomic mass is 19.4. The summed E-state index contributed by atoms with van der Waals surface area (Å²) in [5.74, 6) is -2.35. The molecular formula is C27H29F3N4O4. The Bertz CT molecular complexity index is 1350.